The number of carbonyl (C=O) groups excluding carboxylic acids is 1. The maximum Gasteiger partial charge on any atom is 0.408 e. The summed E-state index contributed by atoms with van der Waals surface area (Å²) in [5.74, 6) is -1.32. The van der Waals surface area contributed by atoms with Crippen LogP contribution in [-0.2, 0) is 41.8 Å². The number of amides is 1. The summed E-state index contributed by atoms with van der Waals surface area (Å²) < 4.78 is 56.7. The SMILES string of the molecule is CCOP(=O)(OCC)C(F)(F)c1ccc(C[C@H](NC(=O)OCc2ccccc2)C(=O)O)cc1. The predicted octanol–water partition coefficient (Wildman–Crippen LogP) is 4.92. The lowest BCUT2D eigenvalue weighted by Crippen LogP contribution is -2.42. The number of rotatable bonds is 12. The molecular weight excluding hydrogens is 459 g/mol. The molecule has 8 nitrogen and oxygen atoms in total. The Morgan fingerprint density at radius 2 is 1.58 bits per heavy atom. The van der Waals surface area contributed by atoms with Crippen LogP contribution in [0.2, 0.25) is 0 Å². The van der Waals surface area contributed by atoms with Crippen LogP contribution in [0.5, 0.6) is 0 Å². The fourth-order valence-corrected chi connectivity index (χ4v) is 4.43. The van der Waals surface area contributed by atoms with E-state index in [1.807, 2.05) is 0 Å². The zero-order valence-electron chi connectivity index (χ0n) is 18.2. The summed E-state index contributed by atoms with van der Waals surface area (Å²) in [5.41, 5.74) is -3.41. The van der Waals surface area contributed by atoms with Gasteiger partial charge in [0.2, 0.25) is 0 Å². The van der Waals surface area contributed by atoms with Crippen LogP contribution in [0, 0.1) is 0 Å². The monoisotopic (exact) mass is 485 g/mol. The lowest BCUT2D eigenvalue weighted by molar-refractivity contribution is -0.139. The minimum Gasteiger partial charge on any atom is -0.480 e. The number of alkyl halides is 2. The summed E-state index contributed by atoms with van der Waals surface area (Å²) in [6.45, 7) is 2.36. The highest BCUT2D eigenvalue weighted by Gasteiger charge is 2.54. The van der Waals surface area contributed by atoms with Gasteiger partial charge in [-0.3, -0.25) is 4.57 Å². The van der Waals surface area contributed by atoms with Crippen LogP contribution in [0.15, 0.2) is 54.6 Å². The van der Waals surface area contributed by atoms with E-state index in [0.717, 1.165) is 17.7 Å². The lowest BCUT2D eigenvalue weighted by Gasteiger charge is -2.26. The highest BCUT2D eigenvalue weighted by Crippen LogP contribution is 2.66. The Morgan fingerprint density at radius 3 is 2.09 bits per heavy atom. The average molecular weight is 485 g/mol. The number of halogens is 2. The van der Waals surface area contributed by atoms with Crippen molar-refractivity contribution in [3.8, 4) is 0 Å². The Morgan fingerprint density at radius 1 is 1.00 bits per heavy atom. The molecule has 0 aromatic heterocycles. The van der Waals surface area contributed by atoms with Gasteiger partial charge in [0, 0.05) is 12.0 Å². The molecule has 180 valence electrons. The van der Waals surface area contributed by atoms with Gasteiger partial charge in [-0.1, -0.05) is 54.6 Å². The molecule has 2 rings (SSSR count). The normalized spacial score (nSPS) is 12.7. The summed E-state index contributed by atoms with van der Waals surface area (Å²) in [6.07, 6.45) is -1.11. The number of ether oxygens (including phenoxy) is 1. The van der Waals surface area contributed by atoms with E-state index in [1.54, 1.807) is 30.3 Å². The Kier molecular flexibility index (Phi) is 9.52. The first-order valence-electron chi connectivity index (χ1n) is 10.2. The van der Waals surface area contributed by atoms with Crippen molar-refractivity contribution in [3.05, 3.63) is 71.3 Å². The molecular formula is C22H26F2NO7P. The van der Waals surface area contributed by atoms with Crippen LogP contribution in [0.3, 0.4) is 0 Å². The fraction of sp³-hybridized carbons (Fsp3) is 0.364. The number of benzene rings is 2. The molecule has 0 bridgehead atoms. The van der Waals surface area contributed by atoms with Crippen molar-refractivity contribution in [3.63, 3.8) is 0 Å². The van der Waals surface area contributed by atoms with Crippen LogP contribution in [-0.4, -0.2) is 36.4 Å². The fourth-order valence-electron chi connectivity index (χ4n) is 2.88. The standard InChI is InChI=1S/C22H26F2NO7P/c1-3-31-33(29,32-4-2)22(23,24)18-12-10-16(11-13-18)14-19(20(26)27)25-21(28)30-15-17-8-6-5-7-9-17/h5-13,19H,3-4,14-15H2,1-2H3,(H,25,28)(H,26,27)/t19-/m0/s1. The topological polar surface area (TPSA) is 111 Å². The zero-order valence-corrected chi connectivity index (χ0v) is 19.1. The molecule has 0 saturated carbocycles. The number of aliphatic carboxylic acids is 1. The van der Waals surface area contributed by atoms with Crippen LogP contribution < -0.4 is 5.32 Å². The number of carboxylic acid groups (broad SMARTS) is 1. The number of nitrogens with one attached hydrogen (secondary N) is 1. The van der Waals surface area contributed by atoms with Crippen LogP contribution in [0.4, 0.5) is 13.6 Å². The first-order chi connectivity index (χ1) is 15.6. The van der Waals surface area contributed by atoms with E-state index >= 15 is 0 Å². The van der Waals surface area contributed by atoms with Crippen molar-refractivity contribution >= 4 is 19.7 Å². The molecule has 0 radical (unpaired) electrons. The van der Waals surface area contributed by atoms with E-state index < -0.39 is 36.9 Å². The molecule has 1 atom stereocenters. The van der Waals surface area contributed by atoms with Crippen LogP contribution >= 0.6 is 7.60 Å². The van der Waals surface area contributed by atoms with Gasteiger partial charge in [0.25, 0.3) is 0 Å². The largest absolute Gasteiger partial charge is 0.480 e. The molecule has 0 heterocycles. The van der Waals surface area contributed by atoms with Gasteiger partial charge < -0.3 is 24.2 Å². The minimum atomic E-state index is -4.76. The van der Waals surface area contributed by atoms with Crippen molar-refractivity contribution < 1.29 is 41.8 Å². The van der Waals surface area contributed by atoms with Crippen molar-refractivity contribution in [2.75, 3.05) is 13.2 Å². The quantitative estimate of drug-likeness (QED) is 0.410. The molecule has 0 spiro atoms. The molecule has 2 aromatic rings. The third-order valence-electron chi connectivity index (χ3n) is 4.49. The maximum atomic E-state index is 14.8. The molecule has 11 heteroatoms. The maximum absolute atomic E-state index is 14.8. The molecule has 1 amide bonds. The van der Waals surface area contributed by atoms with E-state index in [-0.39, 0.29) is 26.2 Å². The number of carbonyl (C=O) groups is 2. The highest BCUT2D eigenvalue weighted by atomic mass is 31.2. The molecule has 0 fully saturated rings. The third-order valence-corrected chi connectivity index (χ3v) is 6.63. The average Bonchev–Trinajstić information content (AvgIpc) is 2.78. The Hall–Kier alpha value is -2.81. The van der Waals surface area contributed by atoms with Crippen molar-refractivity contribution in [1.82, 2.24) is 5.32 Å². The Balaban J connectivity index is 2.06. The van der Waals surface area contributed by atoms with Gasteiger partial charge in [-0.2, -0.15) is 8.78 Å². The number of hydrogen-bond donors (Lipinski definition) is 2. The van der Waals surface area contributed by atoms with Crippen molar-refractivity contribution in [1.29, 1.82) is 0 Å². The molecule has 0 saturated heterocycles. The molecule has 0 aliphatic carbocycles. The van der Waals surface area contributed by atoms with E-state index in [2.05, 4.69) is 5.32 Å². The third kappa shape index (κ3) is 7.08. The van der Waals surface area contributed by atoms with Gasteiger partial charge in [0.1, 0.15) is 12.6 Å². The second-order valence-electron chi connectivity index (χ2n) is 6.87. The minimum absolute atomic E-state index is 0.0392. The van der Waals surface area contributed by atoms with E-state index in [4.69, 9.17) is 13.8 Å². The summed E-state index contributed by atoms with van der Waals surface area (Å²) in [4.78, 5) is 23.5. The summed E-state index contributed by atoms with van der Waals surface area (Å²) >= 11 is 0. The molecule has 33 heavy (non-hydrogen) atoms. The first-order valence-corrected chi connectivity index (χ1v) is 11.7. The van der Waals surface area contributed by atoms with Crippen molar-refractivity contribution in [2.45, 2.75) is 38.6 Å². The van der Waals surface area contributed by atoms with Gasteiger partial charge in [0.05, 0.1) is 13.2 Å². The smallest absolute Gasteiger partial charge is 0.408 e. The zero-order chi connectivity index (χ0) is 24.5. The van der Waals surface area contributed by atoms with Gasteiger partial charge in [-0.15, -0.1) is 0 Å². The predicted molar refractivity (Wildman–Crippen MR) is 116 cm³/mol. The number of carboxylic acids is 1. The van der Waals surface area contributed by atoms with Gasteiger partial charge >= 0.3 is 25.3 Å². The molecule has 0 unspecified atom stereocenters. The summed E-state index contributed by atoms with van der Waals surface area (Å²) in [6, 6.07) is 12.0. The van der Waals surface area contributed by atoms with Crippen LogP contribution in [0.1, 0.15) is 30.5 Å². The molecule has 0 aliphatic rings. The summed E-state index contributed by atoms with van der Waals surface area (Å²) in [7, 11) is -4.76. The number of alkyl carbamates (subject to hydrolysis) is 1. The first kappa shape index (κ1) is 26.4. The lowest BCUT2D eigenvalue weighted by atomic mass is 10.0. The Bertz CT molecular complexity index is 960. The van der Waals surface area contributed by atoms with E-state index in [0.29, 0.717) is 5.56 Å². The second-order valence-corrected chi connectivity index (χ2v) is 8.95. The van der Waals surface area contributed by atoms with Gasteiger partial charge in [-0.05, 0) is 25.0 Å². The second kappa shape index (κ2) is 11.9. The highest BCUT2D eigenvalue weighted by molar-refractivity contribution is 7.54. The van der Waals surface area contributed by atoms with E-state index in [9.17, 15) is 28.0 Å². The summed E-state index contributed by atoms with van der Waals surface area (Å²) in [5, 5.41) is 11.7. The molecule has 0 aliphatic heterocycles. The molecule has 2 aromatic carbocycles. The molecule has 2 N–H and O–H groups in total. The van der Waals surface area contributed by atoms with Crippen LogP contribution in [0.25, 0.3) is 0 Å². The van der Waals surface area contributed by atoms with E-state index in [1.165, 1.54) is 26.0 Å². The Labute approximate surface area is 190 Å². The van der Waals surface area contributed by atoms with Gasteiger partial charge in [-0.25, -0.2) is 9.59 Å². The van der Waals surface area contributed by atoms with Gasteiger partial charge in [0.15, 0.2) is 0 Å². The van der Waals surface area contributed by atoms with Crippen molar-refractivity contribution in [2.24, 2.45) is 0 Å². The number of hydrogen-bond acceptors (Lipinski definition) is 6.